The zero-order valence-electron chi connectivity index (χ0n) is 12.5. The van der Waals surface area contributed by atoms with Gasteiger partial charge in [-0.2, -0.15) is 0 Å². The number of carbonyl (C=O) groups is 1. The number of nitrogens with zero attached hydrogens (tertiary/aromatic N) is 2. The number of aryl methyl sites for hydroxylation is 1. The molecule has 1 N–H and O–H groups in total. The molecule has 0 radical (unpaired) electrons. The summed E-state index contributed by atoms with van der Waals surface area (Å²) in [4.78, 5) is 21.8. The number of hydrogen-bond donors (Lipinski definition) is 1. The maximum Gasteiger partial charge on any atom is 0.236 e. The molecule has 6 heteroatoms. The van der Waals surface area contributed by atoms with Crippen molar-refractivity contribution in [3.05, 3.63) is 59.6 Å². The van der Waals surface area contributed by atoms with Crippen molar-refractivity contribution in [1.82, 2.24) is 9.97 Å². The highest BCUT2D eigenvalue weighted by Crippen LogP contribution is 2.25. The normalized spacial score (nSPS) is 10.5. The van der Waals surface area contributed by atoms with Crippen molar-refractivity contribution in [3.8, 4) is 11.4 Å². The number of hydrogen-bond acceptors (Lipinski definition) is 5. The largest absolute Gasteiger partial charge is 0.301 e. The molecule has 0 saturated heterocycles. The van der Waals surface area contributed by atoms with Gasteiger partial charge in [-0.05, 0) is 30.7 Å². The molecule has 4 nitrogen and oxygen atoms in total. The number of rotatable bonds is 5. The molecule has 3 rings (SSSR count). The lowest BCUT2D eigenvalue weighted by Crippen LogP contribution is -2.13. The predicted molar refractivity (Wildman–Crippen MR) is 95.9 cm³/mol. The maximum absolute atomic E-state index is 12.1. The van der Waals surface area contributed by atoms with Crippen LogP contribution in [0.25, 0.3) is 11.4 Å². The minimum Gasteiger partial charge on any atom is -0.301 e. The van der Waals surface area contributed by atoms with E-state index in [9.17, 15) is 4.79 Å². The zero-order chi connectivity index (χ0) is 16.1. The Balaban J connectivity index is 1.58. The van der Waals surface area contributed by atoms with Crippen LogP contribution < -0.4 is 5.32 Å². The summed E-state index contributed by atoms with van der Waals surface area (Å²) in [7, 11) is 0. The average molecular weight is 341 g/mol. The quantitative estimate of drug-likeness (QED) is 0.705. The Morgan fingerprint density at radius 3 is 2.78 bits per heavy atom. The maximum atomic E-state index is 12.1. The van der Waals surface area contributed by atoms with E-state index in [-0.39, 0.29) is 5.91 Å². The number of amides is 1. The van der Waals surface area contributed by atoms with Crippen LogP contribution >= 0.6 is 23.1 Å². The SMILES string of the molecule is Cc1ccccc1SCC(=O)Nc1nc(-c2ccccn2)cs1. The van der Waals surface area contributed by atoms with E-state index < -0.39 is 0 Å². The van der Waals surface area contributed by atoms with Gasteiger partial charge in [0.2, 0.25) is 5.91 Å². The van der Waals surface area contributed by atoms with Crippen LogP contribution in [0.15, 0.2) is 58.9 Å². The molecular formula is C17H15N3OS2. The first-order valence-electron chi connectivity index (χ1n) is 7.07. The highest BCUT2D eigenvalue weighted by atomic mass is 32.2. The van der Waals surface area contributed by atoms with Crippen molar-refractivity contribution < 1.29 is 4.79 Å². The summed E-state index contributed by atoms with van der Waals surface area (Å²) < 4.78 is 0. The third-order valence-corrected chi connectivity index (χ3v) is 5.06. The zero-order valence-corrected chi connectivity index (χ0v) is 14.2. The lowest BCUT2D eigenvalue weighted by molar-refractivity contribution is -0.113. The summed E-state index contributed by atoms with van der Waals surface area (Å²) in [5, 5.41) is 5.34. The van der Waals surface area contributed by atoms with Crippen molar-refractivity contribution in [2.45, 2.75) is 11.8 Å². The van der Waals surface area contributed by atoms with E-state index in [1.165, 1.54) is 28.7 Å². The summed E-state index contributed by atoms with van der Waals surface area (Å²) in [6.45, 7) is 2.04. The third-order valence-electron chi connectivity index (χ3n) is 3.13. The highest BCUT2D eigenvalue weighted by molar-refractivity contribution is 8.00. The summed E-state index contributed by atoms with van der Waals surface area (Å²) >= 11 is 2.94. The molecule has 0 aliphatic rings. The number of nitrogens with one attached hydrogen (secondary N) is 1. The van der Waals surface area contributed by atoms with Crippen LogP contribution in [0.3, 0.4) is 0 Å². The minimum absolute atomic E-state index is 0.0554. The van der Waals surface area contributed by atoms with Gasteiger partial charge < -0.3 is 5.32 Å². The molecule has 0 aliphatic carbocycles. The number of aromatic nitrogens is 2. The first kappa shape index (κ1) is 15.7. The van der Waals surface area contributed by atoms with Crippen LogP contribution in [0.4, 0.5) is 5.13 Å². The summed E-state index contributed by atoms with van der Waals surface area (Å²) in [6.07, 6.45) is 1.73. The van der Waals surface area contributed by atoms with E-state index >= 15 is 0 Å². The second-order valence-corrected chi connectivity index (χ2v) is 6.73. The van der Waals surface area contributed by atoms with Crippen LogP contribution in [0.5, 0.6) is 0 Å². The lowest BCUT2D eigenvalue weighted by Gasteiger charge is -2.04. The third kappa shape index (κ3) is 4.18. The molecule has 0 spiro atoms. The average Bonchev–Trinajstić information content (AvgIpc) is 3.03. The Hall–Kier alpha value is -2.18. The molecule has 3 aromatic rings. The topological polar surface area (TPSA) is 54.9 Å². The van der Waals surface area contributed by atoms with Gasteiger partial charge in [0.05, 0.1) is 11.4 Å². The summed E-state index contributed by atoms with van der Waals surface area (Å²) in [6, 6.07) is 13.7. The van der Waals surface area contributed by atoms with Crippen molar-refractivity contribution in [3.63, 3.8) is 0 Å². The molecule has 116 valence electrons. The lowest BCUT2D eigenvalue weighted by atomic mass is 10.2. The van der Waals surface area contributed by atoms with Gasteiger partial charge in [-0.25, -0.2) is 4.98 Å². The van der Waals surface area contributed by atoms with Gasteiger partial charge in [-0.3, -0.25) is 9.78 Å². The van der Waals surface area contributed by atoms with Crippen LogP contribution in [-0.2, 0) is 4.79 Å². The molecule has 0 aliphatic heterocycles. The number of thioether (sulfide) groups is 1. The van der Waals surface area contributed by atoms with Crippen LogP contribution in [-0.4, -0.2) is 21.6 Å². The van der Waals surface area contributed by atoms with Gasteiger partial charge in [-0.15, -0.1) is 23.1 Å². The Labute approximate surface area is 143 Å². The molecule has 2 heterocycles. The summed E-state index contributed by atoms with van der Waals surface area (Å²) in [5.74, 6) is 0.309. The van der Waals surface area contributed by atoms with Crippen molar-refractivity contribution in [1.29, 1.82) is 0 Å². The smallest absolute Gasteiger partial charge is 0.236 e. The Morgan fingerprint density at radius 2 is 2.00 bits per heavy atom. The summed E-state index contributed by atoms with van der Waals surface area (Å²) in [5.41, 5.74) is 2.76. The molecule has 23 heavy (non-hydrogen) atoms. The molecule has 1 amide bonds. The van der Waals surface area contributed by atoms with E-state index in [4.69, 9.17) is 0 Å². The second kappa shape index (κ2) is 7.39. The van der Waals surface area contributed by atoms with Crippen molar-refractivity contribution in [2.24, 2.45) is 0 Å². The minimum atomic E-state index is -0.0554. The molecule has 0 bridgehead atoms. The van der Waals surface area contributed by atoms with Gasteiger partial charge in [-0.1, -0.05) is 24.3 Å². The molecule has 0 saturated carbocycles. The molecule has 1 aromatic carbocycles. The fraction of sp³-hybridized carbons (Fsp3) is 0.118. The van der Waals surface area contributed by atoms with E-state index in [0.717, 1.165) is 16.3 Å². The fourth-order valence-corrected chi connectivity index (χ4v) is 3.53. The van der Waals surface area contributed by atoms with Crippen molar-refractivity contribution in [2.75, 3.05) is 11.1 Å². The highest BCUT2D eigenvalue weighted by Gasteiger charge is 2.09. The number of carbonyl (C=O) groups excluding carboxylic acids is 1. The van der Waals surface area contributed by atoms with E-state index in [0.29, 0.717) is 10.9 Å². The second-order valence-electron chi connectivity index (χ2n) is 4.86. The molecule has 0 unspecified atom stereocenters. The van der Waals surface area contributed by atoms with Crippen LogP contribution in [0.2, 0.25) is 0 Å². The van der Waals surface area contributed by atoms with Crippen LogP contribution in [0.1, 0.15) is 5.56 Å². The Kier molecular flexibility index (Phi) is 5.05. The monoisotopic (exact) mass is 341 g/mol. The fourth-order valence-electron chi connectivity index (χ4n) is 1.98. The van der Waals surface area contributed by atoms with Crippen molar-refractivity contribution >= 4 is 34.1 Å². The molecule has 0 fully saturated rings. The van der Waals surface area contributed by atoms with Gasteiger partial charge in [0, 0.05) is 16.5 Å². The number of pyridine rings is 1. The van der Waals surface area contributed by atoms with E-state index in [1.54, 1.807) is 6.20 Å². The number of benzene rings is 1. The predicted octanol–water partition coefficient (Wildman–Crippen LogP) is 4.24. The van der Waals surface area contributed by atoms with E-state index in [1.807, 2.05) is 54.8 Å². The first-order valence-corrected chi connectivity index (χ1v) is 8.94. The standard InChI is InChI=1S/C17H15N3OS2/c1-12-6-2-3-8-15(12)22-11-16(21)20-17-19-14(10-23-17)13-7-4-5-9-18-13/h2-10H,11H2,1H3,(H,19,20,21). The number of anilines is 1. The van der Waals surface area contributed by atoms with Gasteiger partial charge in [0.1, 0.15) is 5.69 Å². The first-order chi connectivity index (χ1) is 11.2. The molecular weight excluding hydrogens is 326 g/mol. The van der Waals surface area contributed by atoms with Gasteiger partial charge in [0.15, 0.2) is 5.13 Å². The van der Waals surface area contributed by atoms with Gasteiger partial charge in [0.25, 0.3) is 0 Å². The Bertz CT molecular complexity index is 802. The van der Waals surface area contributed by atoms with E-state index in [2.05, 4.69) is 15.3 Å². The molecule has 2 aromatic heterocycles. The molecule has 0 atom stereocenters. The van der Waals surface area contributed by atoms with Crippen LogP contribution in [0, 0.1) is 6.92 Å². The Morgan fingerprint density at radius 1 is 1.17 bits per heavy atom. The van der Waals surface area contributed by atoms with Gasteiger partial charge >= 0.3 is 0 Å². The number of thiazole rings is 1.